The number of anilines is 1. The predicted molar refractivity (Wildman–Crippen MR) is 115 cm³/mol. The summed E-state index contributed by atoms with van der Waals surface area (Å²) in [7, 11) is -1.94. The molecule has 4 rings (SSSR count). The molecule has 1 aromatic heterocycles. The Morgan fingerprint density at radius 2 is 1.87 bits per heavy atom. The van der Waals surface area contributed by atoms with Crippen LogP contribution in [-0.4, -0.2) is 43.9 Å². The van der Waals surface area contributed by atoms with Crippen molar-refractivity contribution in [3.8, 4) is 5.75 Å². The second-order valence-electron chi connectivity index (χ2n) is 7.35. The van der Waals surface area contributed by atoms with Crippen molar-refractivity contribution in [2.24, 2.45) is 5.73 Å². The molecule has 0 spiro atoms. The van der Waals surface area contributed by atoms with Gasteiger partial charge in [-0.05, 0) is 66.8 Å². The fourth-order valence-electron chi connectivity index (χ4n) is 3.99. The third kappa shape index (κ3) is 3.86. The molecule has 2 amide bonds. The van der Waals surface area contributed by atoms with E-state index in [2.05, 4.69) is 10.3 Å². The zero-order valence-corrected chi connectivity index (χ0v) is 17.4. The van der Waals surface area contributed by atoms with Crippen LogP contribution in [0.25, 0.3) is 10.9 Å². The van der Waals surface area contributed by atoms with Gasteiger partial charge in [-0.2, -0.15) is 4.31 Å². The van der Waals surface area contributed by atoms with Gasteiger partial charge in [0.05, 0.1) is 12.0 Å². The van der Waals surface area contributed by atoms with Crippen LogP contribution in [0.1, 0.15) is 24.3 Å². The van der Waals surface area contributed by atoms with Crippen molar-refractivity contribution >= 4 is 32.6 Å². The molecule has 1 aliphatic rings. The van der Waals surface area contributed by atoms with Crippen molar-refractivity contribution < 1.29 is 17.9 Å². The number of carbonyl (C=O) groups is 1. The number of rotatable bonds is 5. The summed E-state index contributed by atoms with van der Waals surface area (Å²) in [6.45, 7) is 0.899. The number of piperidine rings is 1. The predicted octanol–water partition coefficient (Wildman–Crippen LogP) is 3.24. The summed E-state index contributed by atoms with van der Waals surface area (Å²) in [5.74, 6) is 1.08. The number of H-pyrrole nitrogens is 1. The van der Waals surface area contributed by atoms with Crippen LogP contribution in [0, 0.1) is 0 Å². The average molecular weight is 429 g/mol. The monoisotopic (exact) mass is 428 g/mol. The maximum atomic E-state index is 13.0. The number of nitrogens with two attached hydrogens (primary N) is 1. The zero-order chi connectivity index (χ0) is 21.3. The number of carbonyl (C=O) groups excluding carboxylic acids is 1. The highest BCUT2D eigenvalue weighted by atomic mass is 32.2. The van der Waals surface area contributed by atoms with E-state index in [9.17, 15) is 13.2 Å². The lowest BCUT2D eigenvalue weighted by molar-refractivity contribution is 0.259. The smallest absolute Gasteiger partial charge is 0.316 e. The number of nitrogens with zero attached hydrogens (tertiary/aromatic N) is 1. The highest BCUT2D eigenvalue weighted by Crippen LogP contribution is 2.36. The quantitative estimate of drug-likeness (QED) is 0.578. The van der Waals surface area contributed by atoms with Gasteiger partial charge in [-0.1, -0.05) is 0 Å². The van der Waals surface area contributed by atoms with Gasteiger partial charge in [-0.15, -0.1) is 0 Å². The molecule has 1 aliphatic heterocycles. The summed E-state index contributed by atoms with van der Waals surface area (Å²) in [6.07, 6.45) is 3.50. The van der Waals surface area contributed by atoms with E-state index in [4.69, 9.17) is 10.5 Å². The molecule has 0 radical (unpaired) electrons. The number of methoxy groups -OCH3 is 1. The minimum absolute atomic E-state index is 0.202. The van der Waals surface area contributed by atoms with Crippen molar-refractivity contribution in [3.05, 3.63) is 54.2 Å². The molecule has 3 aromatic rings. The Balaban J connectivity index is 1.48. The summed E-state index contributed by atoms with van der Waals surface area (Å²) in [5, 5.41) is 3.54. The van der Waals surface area contributed by atoms with Crippen LogP contribution in [0.3, 0.4) is 0 Å². The number of nitrogens with one attached hydrogen (secondary N) is 2. The molecule has 0 bridgehead atoms. The molecule has 1 saturated heterocycles. The Labute approximate surface area is 175 Å². The zero-order valence-electron chi connectivity index (χ0n) is 16.6. The molecule has 158 valence electrons. The highest BCUT2D eigenvalue weighted by Gasteiger charge is 2.30. The number of aromatic amines is 1. The largest absolute Gasteiger partial charge is 0.497 e. The molecular weight excluding hydrogens is 404 g/mol. The first kappa shape index (κ1) is 20.2. The molecule has 0 atom stereocenters. The van der Waals surface area contributed by atoms with Gasteiger partial charge in [0.1, 0.15) is 5.75 Å². The Hall–Kier alpha value is -3.04. The van der Waals surface area contributed by atoms with Crippen LogP contribution in [0.4, 0.5) is 10.5 Å². The van der Waals surface area contributed by atoms with Gasteiger partial charge in [0, 0.05) is 35.9 Å². The number of ether oxygens (including phenoxy) is 1. The Morgan fingerprint density at radius 1 is 1.17 bits per heavy atom. The number of primary amides is 1. The molecule has 0 aliphatic carbocycles. The summed E-state index contributed by atoms with van der Waals surface area (Å²) in [6, 6.07) is 11.3. The van der Waals surface area contributed by atoms with E-state index >= 15 is 0 Å². The number of urea groups is 1. The molecule has 9 heteroatoms. The molecular formula is C21H24N4O4S. The fraction of sp³-hybridized carbons (Fsp3) is 0.286. The maximum absolute atomic E-state index is 13.0. The number of fused-ring (bicyclic) bond motifs is 1. The van der Waals surface area contributed by atoms with Crippen LogP contribution >= 0.6 is 0 Å². The van der Waals surface area contributed by atoms with E-state index in [1.165, 1.54) is 34.1 Å². The van der Waals surface area contributed by atoms with Crippen LogP contribution in [0.2, 0.25) is 0 Å². The number of benzene rings is 2. The summed E-state index contributed by atoms with van der Waals surface area (Å²) < 4.78 is 32.9. The summed E-state index contributed by atoms with van der Waals surface area (Å²) in [4.78, 5) is 14.4. The van der Waals surface area contributed by atoms with Crippen LogP contribution in [-0.2, 0) is 10.0 Å². The van der Waals surface area contributed by atoms with E-state index in [0.29, 0.717) is 18.8 Å². The second kappa shape index (κ2) is 8.00. The first-order valence-corrected chi connectivity index (χ1v) is 11.1. The van der Waals surface area contributed by atoms with Crippen molar-refractivity contribution in [2.45, 2.75) is 23.7 Å². The molecule has 8 nitrogen and oxygen atoms in total. The molecule has 0 unspecified atom stereocenters. The van der Waals surface area contributed by atoms with Crippen LogP contribution in [0.5, 0.6) is 5.75 Å². The normalized spacial score (nSPS) is 15.9. The van der Waals surface area contributed by atoms with E-state index in [1.54, 1.807) is 7.11 Å². The third-order valence-corrected chi connectivity index (χ3v) is 7.49. The number of amides is 2. The summed E-state index contributed by atoms with van der Waals surface area (Å²) >= 11 is 0. The lowest BCUT2D eigenvalue weighted by Crippen LogP contribution is -2.37. The molecule has 0 saturated carbocycles. The van der Waals surface area contributed by atoms with Crippen LogP contribution < -0.4 is 15.8 Å². The minimum atomic E-state index is -3.59. The van der Waals surface area contributed by atoms with Crippen molar-refractivity contribution in [2.75, 3.05) is 25.5 Å². The minimum Gasteiger partial charge on any atom is -0.497 e. The highest BCUT2D eigenvalue weighted by molar-refractivity contribution is 7.89. The topological polar surface area (TPSA) is 118 Å². The first-order valence-electron chi connectivity index (χ1n) is 9.70. The van der Waals surface area contributed by atoms with Crippen molar-refractivity contribution in [3.63, 3.8) is 0 Å². The Morgan fingerprint density at radius 3 is 2.50 bits per heavy atom. The molecule has 4 N–H and O–H groups in total. The number of aromatic nitrogens is 1. The molecule has 2 heterocycles. The Bertz CT molecular complexity index is 1160. The van der Waals surface area contributed by atoms with Gasteiger partial charge in [-0.3, -0.25) is 0 Å². The van der Waals surface area contributed by atoms with E-state index in [-0.39, 0.29) is 10.8 Å². The van der Waals surface area contributed by atoms with Crippen molar-refractivity contribution in [1.29, 1.82) is 0 Å². The standard InChI is InChI=1S/C21H24N4O4S/c1-29-16-4-7-20-18(12-16)19(13-23-20)14-8-10-25(11-9-14)30(27,28)17-5-2-15(3-6-17)24-21(22)26/h2-7,12-14,23H,8-11H2,1H3,(H3,22,24,26). The molecule has 30 heavy (non-hydrogen) atoms. The van der Waals surface area contributed by atoms with Gasteiger partial charge in [-0.25, -0.2) is 13.2 Å². The summed E-state index contributed by atoms with van der Waals surface area (Å²) in [5.41, 5.74) is 7.78. The maximum Gasteiger partial charge on any atom is 0.316 e. The lowest BCUT2D eigenvalue weighted by Gasteiger charge is -2.31. The van der Waals surface area contributed by atoms with E-state index in [1.807, 2.05) is 24.4 Å². The van der Waals surface area contributed by atoms with Gasteiger partial charge < -0.3 is 20.8 Å². The van der Waals surface area contributed by atoms with Gasteiger partial charge in [0.15, 0.2) is 0 Å². The van der Waals surface area contributed by atoms with E-state index in [0.717, 1.165) is 29.5 Å². The first-order chi connectivity index (χ1) is 14.4. The lowest BCUT2D eigenvalue weighted by atomic mass is 9.90. The number of hydrogen-bond acceptors (Lipinski definition) is 4. The molecule has 2 aromatic carbocycles. The number of sulfonamides is 1. The SMILES string of the molecule is COc1ccc2[nH]cc(C3CCN(S(=O)(=O)c4ccc(NC(N)=O)cc4)CC3)c2c1. The van der Waals surface area contributed by atoms with E-state index < -0.39 is 16.1 Å². The van der Waals surface area contributed by atoms with Gasteiger partial charge in [0.2, 0.25) is 10.0 Å². The third-order valence-electron chi connectivity index (χ3n) is 5.57. The number of hydrogen-bond donors (Lipinski definition) is 3. The van der Waals surface area contributed by atoms with Gasteiger partial charge >= 0.3 is 6.03 Å². The van der Waals surface area contributed by atoms with Crippen molar-refractivity contribution in [1.82, 2.24) is 9.29 Å². The fourth-order valence-corrected chi connectivity index (χ4v) is 5.46. The van der Waals surface area contributed by atoms with Gasteiger partial charge in [0.25, 0.3) is 0 Å². The van der Waals surface area contributed by atoms with Crippen LogP contribution in [0.15, 0.2) is 53.6 Å². The molecule has 1 fully saturated rings. The second-order valence-corrected chi connectivity index (χ2v) is 9.29. The average Bonchev–Trinajstić information content (AvgIpc) is 3.17. The Kier molecular flexibility index (Phi) is 5.40.